The van der Waals surface area contributed by atoms with E-state index < -0.39 is 24.2 Å². The normalized spacial score (nSPS) is 26.9. The molecule has 0 radical (unpaired) electrons. The van der Waals surface area contributed by atoms with Crippen LogP contribution in [0.15, 0.2) is 0 Å². The molecule has 1 amide bonds. The fourth-order valence-electron chi connectivity index (χ4n) is 1.28. The first kappa shape index (κ1) is 10.5. The number of ether oxygens (including phenoxy) is 2. The summed E-state index contributed by atoms with van der Waals surface area (Å²) in [5.74, 6) is -1.38. The number of nitrogens with one attached hydrogen (secondary N) is 1. The molecule has 0 spiro atoms. The van der Waals surface area contributed by atoms with Crippen molar-refractivity contribution in [3.05, 3.63) is 0 Å². The molecule has 3 atom stereocenters. The highest BCUT2D eigenvalue weighted by Gasteiger charge is 2.46. The van der Waals surface area contributed by atoms with E-state index in [2.05, 4.69) is 10.1 Å². The molecule has 0 aromatic carbocycles. The van der Waals surface area contributed by atoms with E-state index in [9.17, 15) is 14.4 Å². The predicted molar refractivity (Wildman–Crippen MR) is 43.8 cm³/mol. The summed E-state index contributed by atoms with van der Waals surface area (Å²) in [7, 11) is 0. The second-order valence-corrected chi connectivity index (χ2v) is 3.00. The smallest absolute Gasteiger partial charge is 0.304 e. The fourth-order valence-corrected chi connectivity index (χ4v) is 1.28. The van der Waals surface area contributed by atoms with Gasteiger partial charge in [0.15, 0.2) is 6.23 Å². The Morgan fingerprint density at radius 1 is 1.64 bits per heavy atom. The van der Waals surface area contributed by atoms with Gasteiger partial charge in [0, 0.05) is 6.92 Å². The summed E-state index contributed by atoms with van der Waals surface area (Å²) >= 11 is 0. The van der Waals surface area contributed by atoms with E-state index in [1.54, 1.807) is 6.92 Å². The number of amides is 1. The summed E-state index contributed by atoms with van der Waals surface area (Å²) in [5, 5.41) is 2.39. The summed E-state index contributed by atoms with van der Waals surface area (Å²) in [6, 6.07) is 0. The quantitative estimate of drug-likeness (QED) is 0.365. The first-order chi connectivity index (χ1) is 6.56. The Bertz CT molecular complexity index is 264. The molecule has 0 bridgehead atoms. The summed E-state index contributed by atoms with van der Waals surface area (Å²) in [6.07, 6.45) is -1.28. The van der Waals surface area contributed by atoms with Crippen LogP contribution in [-0.4, -0.2) is 30.7 Å². The molecule has 6 heteroatoms. The highest BCUT2D eigenvalue weighted by Crippen LogP contribution is 2.22. The lowest BCUT2D eigenvalue weighted by Gasteiger charge is -2.37. The molecular formula is C8H11NO5. The average molecular weight is 201 g/mol. The van der Waals surface area contributed by atoms with Crippen LogP contribution in [0.5, 0.6) is 0 Å². The Balaban J connectivity index is 2.52. The maximum absolute atomic E-state index is 11.0. The summed E-state index contributed by atoms with van der Waals surface area (Å²) in [5.41, 5.74) is 0. The molecule has 1 fully saturated rings. The maximum atomic E-state index is 11.0. The van der Waals surface area contributed by atoms with E-state index in [0.717, 1.165) is 0 Å². The van der Waals surface area contributed by atoms with Gasteiger partial charge in [-0.1, -0.05) is 0 Å². The molecule has 1 aliphatic heterocycles. The van der Waals surface area contributed by atoms with Crippen LogP contribution in [0.3, 0.4) is 0 Å². The van der Waals surface area contributed by atoms with Gasteiger partial charge in [-0.3, -0.25) is 14.4 Å². The van der Waals surface area contributed by atoms with Gasteiger partial charge in [-0.15, -0.1) is 0 Å². The third-order valence-electron chi connectivity index (χ3n) is 1.98. The van der Waals surface area contributed by atoms with Crippen LogP contribution >= 0.6 is 0 Å². The third kappa shape index (κ3) is 2.01. The molecule has 6 nitrogen and oxygen atoms in total. The van der Waals surface area contributed by atoms with Gasteiger partial charge < -0.3 is 14.8 Å². The van der Waals surface area contributed by atoms with Crippen LogP contribution in [0.2, 0.25) is 0 Å². The molecule has 0 unspecified atom stereocenters. The SMILES string of the molecule is CC(=O)O[C@H]1NC(=O)[C@@H]1[C@@H](C)OC=O. The molecule has 0 aliphatic carbocycles. The lowest BCUT2D eigenvalue weighted by Crippen LogP contribution is -2.63. The van der Waals surface area contributed by atoms with Crippen LogP contribution in [0, 0.1) is 5.92 Å². The van der Waals surface area contributed by atoms with Crippen LogP contribution in [0.4, 0.5) is 0 Å². The van der Waals surface area contributed by atoms with E-state index in [1.165, 1.54) is 6.92 Å². The van der Waals surface area contributed by atoms with Gasteiger partial charge in [-0.2, -0.15) is 0 Å². The van der Waals surface area contributed by atoms with Crippen molar-refractivity contribution in [2.24, 2.45) is 5.92 Å². The van der Waals surface area contributed by atoms with Crippen molar-refractivity contribution in [2.75, 3.05) is 0 Å². The topological polar surface area (TPSA) is 81.7 Å². The first-order valence-corrected chi connectivity index (χ1v) is 4.13. The molecule has 78 valence electrons. The van der Waals surface area contributed by atoms with Crippen LogP contribution in [-0.2, 0) is 23.9 Å². The Morgan fingerprint density at radius 2 is 2.29 bits per heavy atom. The van der Waals surface area contributed by atoms with Crippen molar-refractivity contribution >= 4 is 18.3 Å². The van der Waals surface area contributed by atoms with Crippen molar-refractivity contribution in [2.45, 2.75) is 26.2 Å². The number of carbonyl (C=O) groups is 3. The fraction of sp³-hybridized carbons (Fsp3) is 0.625. The second-order valence-electron chi connectivity index (χ2n) is 3.00. The van der Waals surface area contributed by atoms with Crippen LogP contribution < -0.4 is 5.32 Å². The van der Waals surface area contributed by atoms with E-state index in [-0.39, 0.29) is 12.4 Å². The molecule has 1 rings (SSSR count). The molecule has 1 aliphatic rings. The minimum Gasteiger partial charge on any atom is -0.464 e. The number of esters is 1. The second kappa shape index (κ2) is 4.08. The minimum absolute atomic E-state index is 0.265. The lowest BCUT2D eigenvalue weighted by molar-refractivity contribution is -0.176. The van der Waals surface area contributed by atoms with Crippen molar-refractivity contribution < 1.29 is 23.9 Å². The Morgan fingerprint density at radius 3 is 2.71 bits per heavy atom. The standard InChI is InChI=1S/C8H11NO5/c1-4(13-3-10)6-7(12)9-8(6)14-5(2)11/h3-4,6,8H,1-2H3,(H,9,12)/t4-,6+,8-/m1/s1. The molecule has 1 saturated heterocycles. The molecule has 14 heavy (non-hydrogen) atoms. The Kier molecular flexibility index (Phi) is 3.06. The number of hydrogen-bond acceptors (Lipinski definition) is 5. The molecule has 0 saturated carbocycles. The maximum Gasteiger partial charge on any atom is 0.304 e. The largest absolute Gasteiger partial charge is 0.464 e. The zero-order chi connectivity index (χ0) is 10.7. The molecular weight excluding hydrogens is 190 g/mol. The van der Waals surface area contributed by atoms with Crippen LogP contribution in [0.25, 0.3) is 0 Å². The van der Waals surface area contributed by atoms with Crippen molar-refractivity contribution in [1.82, 2.24) is 5.32 Å². The van der Waals surface area contributed by atoms with Gasteiger partial charge in [0.05, 0.1) is 0 Å². The monoisotopic (exact) mass is 201 g/mol. The molecule has 1 N–H and O–H groups in total. The first-order valence-electron chi connectivity index (χ1n) is 4.13. The number of β-lactam (4-membered cyclic amide) rings is 1. The predicted octanol–water partition coefficient (Wildman–Crippen LogP) is -0.817. The summed E-state index contributed by atoms with van der Waals surface area (Å²) in [6.45, 7) is 3.07. The van der Waals surface area contributed by atoms with Crippen molar-refractivity contribution in [3.8, 4) is 0 Å². The lowest BCUT2D eigenvalue weighted by atomic mass is 9.93. The number of carbonyl (C=O) groups excluding carboxylic acids is 3. The van der Waals surface area contributed by atoms with Gasteiger partial charge in [-0.25, -0.2) is 0 Å². The number of rotatable bonds is 4. The molecule has 1 heterocycles. The summed E-state index contributed by atoms with van der Waals surface area (Å²) in [4.78, 5) is 31.7. The van der Waals surface area contributed by atoms with E-state index in [4.69, 9.17) is 4.74 Å². The van der Waals surface area contributed by atoms with Crippen molar-refractivity contribution in [1.29, 1.82) is 0 Å². The van der Waals surface area contributed by atoms with E-state index >= 15 is 0 Å². The van der Waals surface area contributed by atoms with Gasteiger partial charge >= 0.3 is 5.97 Å². The van der Waals surface area contributed by atoms with Gasteiger partial charge in [0.2, 0.25) is 5.91 Å². The molecule has 0 aromatic heterocycles. The molecule has 0 aromatic rings. The highest BCUT2D eigenvalue weighted by atomic mass is 16.6. The zero-order valence-electron chi connectivity index (χ0n) is 7.85. The summed E-state index contributed by atoms with van der Waals surface area (Å²) < 4.78 is 9.37. The minimum atomic E-state index is -0.685. The third-order valence-corrected chi connectivity index (χ3v) is 1.98. The zero-order valence-corrected chi connectivity index (χ0v) is 7.85. The van der Waals surface area contributed by atoms with Crippen LogP contribution in [0.1, 0.15) is 13.8 Å². The van der Waals surface area contributed by atoms with Gasteiger partial charge in [-0.05, 0) is 6.92 Å². The van der Waals surface area contributed by atoms with E-state index in [1.807, 2.05) is 0 Å². The van der Waals surface area contributed by atoms with Gasteiger partial charge in [0.25, 0.3) is 6.47 Å². The Labute approximate surface area is 80.5 Å². The highest BCUT2D eigenvalue weighted by molar-refractivity contribution is 5.86. The number of hydrogen-bond donors (Lipinski definition) is 1. The van der Waals surface area contributed by atoms with E-state index in [0.29, 0.717) is 0 Å². The average Bonchev–Trinajstić information content (AvgIpc) is 2.02. The Hall–Kier alpha value is -1.59. The van der Waals surface area contributed by atoms with Crippen molar-refractivity contribution in [3.63, 3.8) is 0 Å². The van der Waals surface area contributed by atoms with Gasteiger partial charge in [0.1, 0.15) is 12.0 Å².